The number of nitrogens with zero attached hydrogens (tertiary/aromatic N) is 1. The first kappa shape index (κ1) is 12.3. The maximum absolute atomic E-state index is 5.95. The van der Waals surface area contributed by atoms with Crippen molar-refractivity contribution >= 4 is 23.2 Å². The van der Waals surface area contributed by atoms with E-state index in [1.165, 1.54) is 0 Å². The summed E-state index contributed by atoms with van der Waals surface area (Å²) in [5.74, 6) is 0.933. The van der Waals surface area contributed by atoms with Gasteiger partial charge in [0, 0.05) is 22.5 Å². The molecular formula is C12H11Cl2NO2. The average molecular weight is 272 g/mol. The monoisotopic (exact) mass is 271 g/mol. The summed E-state index contributed by atoms with van der Waals surface area (Å²) in [5, 5.41) is 1.10. The van der Waals surface area contributed by atoms with Gasteiger partial charge in [0.1, 0.15) is 0 Å². The van der Waals surface area contributed by atoms with Gasteiger partial charge in [-0.25, -0.2) is 4.98 Å². The highest BCUT2D eigenvalue weighted by Crippen LogP contribution is 2.33. The summed E-state index contributed by atoms with van der Waals surface area (Å²) in [6.45, 7) is 4.15. The molecule has 0 amide bonds. The molecule has 0 unspecified atom stereocenters. The van der Waals surface area contributed by atoms with Gasteiger partial charge in [-0.1, -0.05) is 23.2 Å². The van der Waals surface area contributed by atoms with Crippen LogP contribution >= 0.6 is 23.2 Å². The van der Waals surface area contributed by atoms with Crippen LogP contribution in [0.2, 0.25) is 10.0 Å². The number of rotatable bonds is 3. The van der Waals surface area contributed by atoms with Gasteiger partial charge in [0.2, 0.25) is 0 Å². The van der Waals surface area contributed by atoms with Crippen molar-refractivity contribution in [2.24, 2.45) is 0 Å². The van der Waals surface area contributed by atoms with E-state index in [1.807, 2.05) is 6.92 Å². The molecule has 3 nitrogen and oxygen atoms in total. The van der Waals surface area contributed by atoms with Crippen molar-refractivity contribution in [1.29, 1.82) is 0 Å². The number of aryl methyl sites for hydroxylation is 1. The van der Waals surface area contributed by atoms with Crippen LogP contribution < -0.4 is 4.74 Å². The Bertz CT molecular complexity index is 517. The topological polar surface area (TPSA) is 35.3 Å². The van der Waals surface area contributed by atoms with Gasteiger partial charge in [0.15, 0.2) is 11.6 Å². The van der Waals surface area contributed by atoms with Crippen LogP contribution in [0.1, 0.15) is 12.8 Å². The number of halogens is 2. The Morgan fingerprint density at radius 2 is 1.88 bits per heavy atom. The van der Waals surface area contributed by atoms with E-state index in [9.17, 15) is 0 Å². The average Bonchev–Trinajstić information content (AvgIpc) is 2.58. The molecule has 2 rings (SSSR count). The fourth-order valence-electron chi connectivity index (χ4n) is 1.51. The van der Waals surface area contributed by atoms with Crippen LogP contribution in [0.3, 0.4) is 0 Å². The first-order valence-electron chi connectivity index (χ1n) is 5.17. The zero-order valence-electron chi connectivity index (χ0n) is 9.46. The first-order valence-corrected chi connectivity index (χ1v) is 5.92. The summed E-state index contributed by atoms with van der Waals surface area (Å²) in [6, 6.07) is 5.21. The van der Waals surface area contributed by atoms with Crippen LogP contribution in [0.25, 0.3) is 11.3 Å². The Kier molecular flexibility index (Phi) is 3.60. The quantitative estimate of drug-likeness (QED) is 0.832. The Balaban J connectivity index is 2.51. The second-order valence-corrected chi connectivity index (χ2v) is 4.33. The fraction of sp³-hybridized carbons (Fsp3) is 0.250. The highest BCUT2D eigenvalue weighted by atomic mass is 35.5. The highest BCUT2D eigenvalue weighted by molar-refractivity contribution is 6.35. The van der Waals surface area contributed by atoms with Gasteiger partial charge in [-0.3, -0.25) is 0 Å². The molecule has 0 saturated heterocycles. The van der Waals surface area contributed by atoms with Crippen LogP contribution in [0.4, 0.5) is 0 Å². The van der Waals surface area contributed by atoms with Gasteiger partial charge >= 0.3 is 5.95 Å². The lowest BCUT2D eigenvalue weighted by Crippen LogP contribution is -1.92. The van der Waals surface area contributed by atoms with Gasteiger partial charge in [-0.05, 0) is 25.1 Å². The molecule has 0 atom stereocenters. The van der Waals surface area contributed by atoms with Gasteiger partial charge in [0.25, 0.3) is 0 Å². The molecule has 0 fully saturated rings. The van der Waals surface area contributed by atoms with Crippen molar-refractivity contribution in [2.75, 3.05) is 6.61 Å². The molecule has 0 bridgehead atoms. The third kappa shape index (κ3) is 2.73. The Morgan fingerprint density at radius 1 is 1.24 bits per heavy atom. The van der Waals surface area contributed by atoms with E-state index in [0.717, 1.165) is 5.56 Å². The summed E-state index contributed by atoms with van der Waals surface area (Å²) >= 11 is 11.9. The number of hydrogen-bond donors (Lipinski definition) is 0. The Hall–Kier alpha value is -1.19. The lowest BCUT2D eigenvalue weighted by atomic mass is 10.2. The van der Waals surface area contributed by atoms with E-state index in [2.05, 4.69) is 4.98 Å². The van der Waals surface area contributed by atoms with E-state index in [4.69, 9.17) is 32.4 Å². The lowest BCUT2D eigenvalue weighted by Gasteiger charge is -2.02. The molecule has 2 aromatic rings. The van der Waals surface area contributed by atoms with E-state index in [1.54, 1.807) is 25.1 Å². The molecule has 0 N–H and O–H groups in total. The predicted octanol–water partition coefficient (Wildman–Crippen LogP) is 4.36. The van der Waals surface area contributed by atoms with Gasteiger partial charge in [-0.2, -0.15) is 0 Å². The second kappa shape index (κ2) is 4.98. The summed E-state index contributed by atoms with van der Waals surface area (Å²) in [7, 11) is 0. The predicted molar refractivity (Wildman–Crippen MR) is 67.9 cm³/mol. The molecular weight excluding hydrogens is 261 g/mol. The van der Waals surface area contributed by atoms with E-state index >= 15 is 0 Å². The van der Waals surface area contributed by atoms with Crippen molar-refractivity contribution in [3.63, 3.8) is 0 Å². The van der Waals surface area contributed by atoms with E-state index < -0.39 is 0 Å². The molecule has 1 heterocycles. The molecule has 0 aliphatic rings. The van der Waals surface area contributed by atoms with Crippen LogP contribution in [0.5, 0.6) is 5.95 Å². The van der Waals surface area contributed by atoms with Crippen molar-refractivity contribution < 1.29 is 9.15 Å². The SMILES string of the molecule is CCOc1oc(C)nc1-c1cc(Cl)cc(Cl)c1. The molecule has 90 valence electrons. The maximum atomic E-state index is 5.95. The summed E-state index contributed by atoms with van der Waals surface area (Å²) in [5.41, 5.74) is 1.40. The van der Waals surface area contributed by atoms with Gasteiger partial charge < -0.3 is 9.15 Å². The fourth-order valence-corrected chi connectivity index (χ4v) is 2.04. The van der Waals surface area contributed by atoms with E-state index in [0.29, 0.717) is 34.2 Å². The minimum atomic E-state index is 0.392. The van der Waals surface area contributed by atoms with Crippen LogP contribution in [-0.2, 0) is 0 Å². The van der Waals surface area contributed by atoms with Crippen molar-refractivity contribution in [3.8, 4) is 17.2 Å². The Morgan fingerprint density at radius 3 is 2.47 bits per heavy atom. The van der Waals surface area contributed by atoms with Crippen LogP contribution in [-0.4, -0.2) is 11.6 Å². The van der Waals surface area contributed by atoms with E-state index in [-0.39, 0.29) is 0 Å². The second-order valence-electron chi connectivity index (χ2n) is 3.46. The summed E-state index contributed by atoms with van der Waals surface area (Å²) in [4.78, 5) is 4.27. The maximum Gasteiger partial charge on any atom is 0.313 e. The molecule has 0 radical (unpaired) electrons. The van der Waals surface area contributed by atoms with Crippen LogP contribution in [0.15, 0.2) is 22.6 Å². The molecule has 0 aliphatic heterocycles. The number of hydrogen-bond acceptors (Lipinski definition) is 3. The minimum Gasteiger partial charge on any atom is -0.464 e. The Labute approximate surface area is 109 Å². The van der Waals surface area contributed by atoms with Crippen molar-refractivity contribution in [3.05, 3.63) is 34.1 Å². The van der Waals surface area contributed by atoms with Gasteiger partial charge in [0.05, 0.1) is 6.61 Å². The third-order valence-electron chi connectivity index (χ3n) is 2.11. The molecule has 0 saturated carbocycles. The standard InChI is InChI=1S/C12H11Cl2NO2/c1-3-16-12-11(15-7(2)17-12)8-4-9(13)6-10(14)5-8/h4-6H,3H2,1-2H3. The zero-order valence-corrected chi connectivity index (χ0v) is 11.0. The molecule has 0 aliphatic carbocycles. The normalized spacial score (nSPS) is 10.6. The molecule has 0 spiro atoms. The summed E-state index contributed by atoms with van der Waals surface area (Å²) in [6.07, 6.45) is 0. The largest absolute Gasteiger partial charge is 0.464 e. The number of benzene rings is 1. The molecule has 1 aromatic carbocycles. The minimum absolute atomic E-state index is 0.392. The molecule has 17 heavy (non-hydrogen) atoms. The number of oxazole rings is 1. The smallest absolute Gasteiger partial charge is 0.313 e. The first-order chi connectivity index (χ1) is 8.10. The van der Waals surface area contributed by atoms with Crippen LogP contribution in [0, 0.1) is 6.92 Å². The third-order valence-corrected chi connectivity index (χ3v) is 2.55. The zero-order chi connectivity index (χ0) is 12.4. The lowest BCUT2D eigenvalue weighted by molar-refractivity contribution is 0.254. The highest BCUT2D eigenvalue weighted by Gasteiger charge is 2.15. The number of ether oxygens (including phenoxy) is 1. The van der Waals surface area contributed by atoms with Crippen molar-refractivity contribution in [1.82, 2.24) is 4.98 Å². The molecule has 5 heteroatoms. The van der Waals surface area contributed by atoms with Gasteiger partial charge in [-0.15, -0.1) is 0 Å². The summed E-state index contributed by atoms with van der Waals surface area (Å²) < 4.78 is 10.7. The van der Waals surface area contributed by atoms with Crippen molar-refractivity contribution in [2.45, 2.75) is 13.8 Å². The number of aromatic nitrogens is 1. The molecule has 1 aromatic heterocycles.